The van der Waals surface area contributed by atoms with Crippen LogP contribution in [0.3, 0.4) is 0 Å². The fraction of sp³-hybridized carbons (Fsp3) is 0.571. The second kappa shape index (κ2) is 6.87. The lowest BCUT2D eigenvalue weighted by molar-refractivity contribution is -0.117. The van der Waals surface area contributed by atoms with Crippen molar-refractivity contribution in [3.05, 3.63) is 23.5 Å². The first-order chi connectivity index (χ1) is 9.16. The van der Waals surface area contributed by atoms with Crippen molar-refractivity contribution in [1.29, 1.82) is 0 Å². The molecule has 0 spiro atoms. The summed E-state index contributed by atoms with van der Waals surface area (Å²) in [5.41, 5.74) is 0.575. The third-order valence-corrected chi connectivity index (χ3v) is 3.93. The number of nitrogens with one attached hydrogen (secondary N) is 1. The highest BCUT2D eigenvalue weighted by Crippen LogP contribution is 2.22. The van der Waals surface area contributed by atoms with Crippen molar-refractivity contribution in [1.82, 2.24) is 9.88 Å². The van der Waals surface area contributed by atoms with E-state index < -0.39 is 0 Å². The van der Waals surface area contributed by atoms with Crippen LogP contribution in [-0.2, 0) is 4.79 Å². The van der Waals surface area contributed by atoms with Gasteiger partial charge in [-0.2, -0.15) is 0 Å². The molecule has 0 bridgehead atoms. The van der Waals surface area contributed by atoms with Gasteiger partial charge in [-0.25, -0.2) is 4.98 Å². The molecule has 0 radical (unpaired) electrons. The van der Waals surface area contributed by atoms with Crippen LogP contribution in [0, 0.1) is 0 Å². The van der Waals surface area contributed by atoms with E-state index in [2.05, 4.69) is 15.2 Å². The van der Waals surface area contributed by atoms with E-state index in [1.54, 1.807) is 18.3 Å². The highest BCUT2D eigenvalue weighted by Gasteiger charge is 2.20. The molecule has 0 atom stereocenters. The number of rotatable bonds is 4. The van der Waals surface area contributed by atoms with Crippen molar-refractivity contribution in [2.45, 2.75) is 38.1 Å². The van der Waals surface area contributed by atoms with E-state index >= 15 is 0 Å². The minimum absolute atomic E-state index is 0.0389. The topological polar surface area (TPSA) is 45.2 Å². The maximum atomic E-state index is 12.0. The second-order valence-electron chi connectivity index (χ2n) is 5.10. The average molecular weight is 282 g/mol. The zero-order valence-electron chi connectivity index (χ0n) is 11.2. The standard InChI is InChI=1S/C14H20ClN3O/c1-18(11-6-3-2-4-7-11)10-13(19)17-12-8-5-9-16-14(12)15/h5,8-9,11H,2-4,6-7,10H2,1H3,(H,17,19). The lowest BCUT2D eigenvalue weighted by Crippen LogP contribution is -2.39. The van der Waals surface area contributed by atoms with Crippen molar-refractivity contribution in [2.75, 3.05) is 18.9 Å². The Morgan fingerprint density at radius 2 is 2.21 bits per heavy atom. The third kappa shape index (κ3) is 4.18. The maximum Gasteiger partial charge on any atom is 0.238 e. The SMILES string of the molecule is CN(CC(=O)Nc1cccnc1Cl)C1CCCCC1. The number of hydrogen-bond donors (Lipinski definition) is 1. The minimum atomic E-state index is -0.0389. The summed E-state index contributed by atoms with van der Waals surface area (Å²) < 4.78 is 0. The summed E-state index contributed by atoms with van der Waals surface area (Å²) in [5.74, 6) is -0.0389. The summed E-state index contributed by atoms with van der Waals surface area (Å²) in [6.45, 7) is 0.399. The first-order valence-corrected chi connectivity index (χ1v) is 7.15. The molecule has 2 rings (SSSR count). The van der Waals surface area contributed by atoms with Crippen LogP contribution in [0.15, 0.2) is 18.3 Å². The number of nitrogens with zero attached hydrogens (tertiary/aromatic N) is 2. The summed E-state index contributed by atoms with van der Waals surface area (Å²) in [6, 6.07) is 4.05. The molecule has 0 unspecified atom stereocenters. The Kier molecular flexibility index (Phi) is 5.16. The quantitative estimate of drug-likeness (QED) is 0.863. The van der Waals surface area contributed by atoms with E-state index in [1.807, 2.05) is 7.05 Å². The van der Waals surface area contributed by atoms with Crippen LogP contribution in [0.4, 0.5) is 5.69 Å². The van der Waals surface area contributed by atoms with Gasteiger partial charge in [-0.15, -0.1) is 0 Å². The Balaban J connectivity index is 1.85. The van der Waals surface area contributed by atoms with Crippen molar-refractivity contribution in [2.24, 2.45) is 0 Å². The monoisotopic (exact) mass is 281 g/mol. The number of pyridine rings is 1. The lowest BCUT2D eigenvalue weighted by Gasteiger charge is -2.30. The molecule has 0 saturated heterocycles. The Morgan fingerprint density at radius 1 is 1.47 bits per heavy atom. The van der Waals surface area contributed by atoms with Crippen molar-refractivity contribution in [3.8, 4) is 0 Å². The van der Waals surface area contributed by atoms with Gasteiger partial charge in [0.25, 0.3) is 0 Å². The Hall–Kier alpha value is -1.13. The summed E-state index contributed by atoms with van der Waals surface area (Å²) in [4.78, 5) is 18.1. The smallest absolute Gasteiger partial charge is 0.238 e. The third-order valence-electron chi connectivity index (χ3n) is 3.62. The van der Waals surface area contributed by atoms with Gasteiger partial charge in [0.05, 0.1) is 12.2 Å². The van der Waals surface area contributed by atoms with E-state index in [1.165, 1.54) is 32.1 Å². The van der Waals surface area contributed by atoms with Gasteiger partial charge in [0.2, 0.25) is 5.91 Å². The molecule has 1 heterocycles. The number of anilines is 1. The van der Waals surface area contributed by atoms with Crippen LogP contribution < -0.4 is 5.32 Å². The predicted molar refractivity (Wildman–Crippen MR) is 77.4 cm³/mol. The highest BCUT2D eigenvalue weighted by molar-refractivity contribution is 6.32. The molecule has 0 aliphatic heterocycles. The Bertz CT molecular complexity index is 432. The summed E-state index contributed by atoms with van der Waals surface area (Å²) in [7, 11) is 2.01. The molecule has 0 aromatic carbocycles. The van der Waals surface area contributed by atoms with Crippen LogP contribution in [-0.4, -0.2) is 35.4 Å². The van der Waals surface area contributed by atoms with Crippen molar-refractivity contribution >= 4 is 23.2 Å². The minimum Gasteiger partial charge on any atom is -0.322 e. The van der Waals surface area contributed by atoms with Crippen LogP contribution >= 0.6 is 11.6 Å². The van der Waals surface area contributed by atoms with E-state index in [9.17, 15) is 4.79 Å². The Labute approximate surface area is 119 Å². The summed E-state index contributed by atoms with van der Waals surface area (Å²) in [6.07, 6.45) is 7.85. The fourth-order valence-electron chi connectivity index (χ4n) is 2.55. The second-order valence-corrected chi connectivity index (χ2v) is 5.45. The number of carbonyl (C=O) groups is 1. The summed E-state index contributed by atoms with van der Waals surface area (Å²) >= 11 is 5.91. The first kappa shape index (κ1) is 14.3. The van der Waals surface area contributed by atoms with E-state index in [-0.39, 0.29) is 5.91 Å². The van der Waals surface area contributed by atoms with Gasteiger partial charge >= 0.3 is 0 Å². The number of carbonyl (C=O) groups excluding carboxylic acids is 1. The van der Waals surface area contributed by atoms with Gasteiger partial charge in [-0.05, 0) is 32.0 Å². The fourth-order valence-corrected chi connectivity index (χ4v) is 2.71. The first-order valence-electron chi connectivity index (χ1n) is 6.77. The molecule has 1 saturated carbocycles. The molecule has 19 heavy (non-hydrogen) atoms. The van der Waals surface area contributed by atoms with Crippen molar-refractivity contribution in [3.63, 3.8) is 0 Å². The molecule has 104 valence electrons. The van der Waals surface area contributed by atoms with E-state index in [0.717, 1.165) is 0 Å². The molecule has 4 nitrogen and oxygen atoms in total. The van der Waals surface area contributed by atoms with E-state index in [4.69, 9.17) is 11.6 Å². The zero-order chi connectivity index (χ0) is 13.7. The molecule has 1 N–H and O–H groups in total. The molecule has 5 heteroatoms. The van der Waals surface area contributed by atoms with Gasteiger partial charge in [0, 0.05) is 12.2 Å². The lowest BCUT2D eigenvalue weighted by atomic mass is 9.94. The molecular formula is C14H20ClN3O. The molecule has 1 aliphatic carbocycles. The average Bonchev–Trinajstić information content (AvgIpc) is 2.42. The molecule has 1 aromatic heterocycles. The van der Waals surface area contributed by atoms with Gasteiger partial charge in [-0.1, -0.05) is 30.9 Å². The van der Waals surface area contributed by atoms with Crippen LogP contribution in [0.2, 0.25) is 5.15 Å². The van der Waals surface area contributed by atoms with Gasteiger partial charge in [0.15, 0.2) is 5.15 Å². The van der Waals surface area contributed by atoms with Crippen LogP contribution in [0.5, 0.6) is 0 Å². The van der Waals surface area contributed by atoms with Gasteiger partial charge in [0.1, 0.15) is 0 Å². The molecule has 1 fully saturated rings. The van der Waals surface area contributed by atoms with E-state index in [0.29, 0.717) is 23.4 Å². The maximum absolute atomic E-state index is 12.0. The Morgan fingerprint density at radius 3 is 2.89 bits per heavy atom. The summed E-state index contributed by atoms with van der Waals surface area (Å²) in [5, 5.41) is 3.13. The predicted octanol–water partition coefficient (Wildman–Crippen LogP) is 2.94. The van der Waals surface area contributed by atoms with Gasteiger partial charge in [-0.3, -0.25) is 9.69 Å². The van der Waals surface area contributed by atoms with Crippen molar-refractivity contribution < 1.29 is 4.79 Å². The number of aromatic nitrogens is 1. The number of likely N-dealkylation sites (N-methyl/N-ethyl adjacent to an activating group) is 1. The number of amides is 1. The van der Waals surface area contributed by atoms with Crippen LogP contribution in [0.1, 0.15) is 32.1 Å². The zero-order valence-corrected chi connectivity index (χ0v) is 12.0. The van der Waals surface area contributed by atoms with Crippen LogP contribution in [0.25, 0.3) is 0 Å². The highest BCUT2D eigenvalue weighted by atomic mass is 35.5. The largest absolute Gasteiger partial charge is 0.322 e. The molecule has 1 aromatic rings. The number of halogens is 1. The molecular weight excluding hydrogens is 262 g/mol. The molecule has 1 amide bonds. The number of hydrogen-bond acceptors (Lipinski definition) is 3. The molecule has 1 aliphatic rings. The van der Waals surface area contributed by atoms with Gasteiger partial charge < -0.3 is 5.32 Å². The normalized spacial score (nSPS) is 16.6.